The van der Waals surface area contributed by atoms with Crippen LogP contribution in [0.3, 0.4) is 0 Å². The number of fused-ring (bicyclic) bond motifs is 1. The van der Waals surface area contributed by atoms with Gasteiger partial charge in [-0.25, -0.2) is 9.67 Å². The molecule has 2 fully saturated rings. The number of nitrogens with one attached hydrogen (secondary N) is 1. The van der Waals surface area contributed by atoms with Crippen molar-refractivity contribution in [2.45, 2.75) is 52.1 Å². The lowest BCUT2D eigenvalue weighted by atomic mass is 10.0. The maximum Gasteiger partial charge on any atom is 0.229 e. The molecule has 0 aromatic carbocycles. The molecule has 9 nitrogen and oxygen atoms in total. The number of anilines is 2. The molecule has 5 rings (SSSR count). The fourth-order valence-corrected chi connectivity index (χ4v) is 4.71. The monoisotopic (exact) mass is 462 g/mol. The van der Waals surface area contributed by atoms with E-state index in [-0.39, 0.29) is 12.0 Å². The number of hydrogen-bond acceptors (Lipinski definition) is 6. The van der Waals surface area contributed by atoms with Crippen LogP contribution >= 0.6 is 23.2 Å². The zero-order chi connectivity index (χ0) is 21.7. The number of aromatic nitrogens is 6. The van der Waals surface area contributed by atoms with E-state index in [2.05, 4.69) is 25.5 Å². The summed E-state index contributed by atoms with van der Waals surface area (Å²) in [5, 5.41) is 13.5. The molecule has 3 aromatic heterocycles. The Morgan fingerprint density at radius 1 is 1.16 bits per heavy atom. The third kappa shape index (κ3) is 3.74. The first-order chi connectivity index (χ1) is 15.0. The van der Waals surface area contributed by atoms with E-state index in [1.807, 2.05) is 23.4 Å². The second-order valence-electron chi connectivity index (χ2n) is 8.19. The number of likely N-dealkylation sites (tertiary alicyclic amines) is 1. The molecule has 0 unspecified atom stereocenters. The highest BCUT2D eigenvalue weighted by Crippen LogP contribution is 2.35. The molecular formula is C20H24Cl2N8O. The number of halogens is 2. The summed E-state index contributed by atoms with van der Waals surface area (Å²) in [7, 11) is 0. The molecule has 11 heteroatoms. The van der Waals surface area contributed by atoms with Gasteiger partial charge in [0.15, 0.2) is 16.0 Å². The quantitative estimate of drug-likeness (QED) is 0.616. The van der Waals surface area contributed by atoms with Crippen molar-refractivity contribution in [2.24, 2.45) is 5.92 Å². The van der Waals surface area contributed by atoms with Crippen LogP contribution in [0.15, 0.2) is 6.20 Å². The normalized spacial score (nSPS) is 17.5. The van der Waals surface area contributed by atoms with Crippen molar-refractivity contribution in [3.8, 4) is 0 Å². The lowest BCUT2D eigenvalue weighted by Crippen LogP contribution is -2.40. The highest BCUT2D eigenvalue weighted by Gasteiger charge is 2.35. The van der Waals surface area contributed by atoms with Gasteiger partial charge in [-0.3, -0.25) is 9.48 Å². The number of hydrogen-bond donors (Lipinski definition) is 1. The van der Waals surface area contributed by atoms with E-state index in [1.165, 1.54) is 0 Å². The largest absolute Gasteiger partial charge is 0.342 e. The summed E-state index contributed by atoms with van der Waals surface area (Å²) in [6, 6.07) is 0.208. The molecule has 0 radical (unpaired) electrons. The van der Waals surface area contributed by atoms with E-state index in [4.69, 9.17) is 23.2 Å². The van der Waals surface area contributed by atoms with Crippen LogP contribution < -0.4 is 5.32 Å². The van der Waals surface area contributed by atoms with Gasteiger partial charge in [-0.15, -0.1) is 0 Å². The van der Waals surface area contributed by atoms with Gasteiger partial charge in [-0.2, -0.15) is 15.2 Å². The van der Waals surface area contributed by atoms with E-state index in [0.717, 1.165) is 44.5 Å². The Bertz CT molecular complexity index is 1140. The van der Waals surface area contributed by atoms with Crippen LogP contribution in [0.1, 0.15) is 44.3 Å². The van der Waals surface area contributed by atoms with Crippen LogP contribution in [0.25, 0.3) is 11.0 Å². The molecule has 31 heavy (non-hydrogen) atoms. The number of nitrogens with zero attached hydrogens (tertiary/aromatic N) is 7. The summed E-state index contributed by atoms with van der Waals surface area (Å²) in [6.07, 6.45) is 5.48. The molecule has 1 saturated carbocycles. The Labute approximate surface area is 189 Å². The molecule has 0 spiro atoms. The zero-order valence-electron chi connectivity index (χ0n) is 17.5. The van der Waals surface area contributed by atoms with Crippen molar-refractivity contribution < 1.29 is 4.79 Å². The smallest absolute Gasteiger partial charge is 0.229 e. The number of rotatable bonds is 5. The minimum atomic E-state index is 0.208. The van der Waals surface area contributed by atoms with Crippen molar-refractivity contribution in [3.63, 3.8) is 0 Å². The molecular weight excluding hydrogens is 439 g/mol. The van der Waals surface area contributed by atoms with Gasteiger partial charge in [0.05, 0.1) is 17.1 Å². The van der Waals surface area contributed by atoms with Gasteiger partial charge >= 0.3 is 0 Å². The fraction of sp³-hybridized carbons (Fsp3) is 0.550. The SMILES string of the molecule is CCn1nc(Cl)c2cnc(Nc3c(Cl)nn(C4CCN(C(=O)C5CC5)CC4)c3C)nc21. The van der Waals surface area contributed by atoms with Crippen LogP contribution in [0, 0.1) is 12.8 Å². The first-order valence-corrected chi connectivity index (χ1v) is 11.4. The summed E-state index contributed by atoms with van der Waals surface area (Å²) >= 11 is 12.6. The summed E-state index contributed by atoms with van der Waals surface area (Å²) in [5.41, 5.74) is 2.27. The van der Waals surface area contributed by atoms with E-state index >= 15 is 0 Å². The van der Waals surface area contributed by atoms with Crippen molar-refractivity contribution >= 4 is 51.8 Å². The molecule has 1 saturated heterocycles. The lowest BCUT2D eigenvalue weighted by molar-refractivity contribution is -0.133. The molecule has 1 aliphatic carbocycles. The Morgan fingerprint density at radius 2 is 1.90 bits per heavy atom. The van der Waals surface area contributed by atoms with E-state index in [9.17, 15) is 4.79 Å². The minimum absolute atomic E-state index is 0.208. The van der Waals surface area contributed by atoms with E-state index < -0.39 is 0 Å². The van der Waals surface area contributed by atoms with Crippen LogP contribution in [0.2, 0.25) is 10.3 Å². The second kappa shape index (κ2) is 7.94. The van der Waals surface area contributed by atoms with Crippen LogP contribution in [-0.2, 0) is 11.3 Å². The zero-order valence-corrected chi connectivity index (χ0v) is 19.0. The summed E-state index contributed by atoms with van der Waals surface area (Å²) in [6.45, 7) is 6.14. The van der Waals surface area contributed by atoms with Gasteiger partial charge in [-0.1, -0.05) is 23.2 Å². The Balaban J connectivity index is 1.34. The maximum absolute atomic E-state index is 12.3. The first kappa shape index (κ1) is 20.5. The Morgan fingerprint density at radius 3 is 2.58 bits per heavy atom. The number of amides is 1. The maximum atomic E-state index is 12.3. The third-order valence-corrected chi connectivity index (χ3v) is 6.68. The van der Waals surface area contributed by atoms with Gasteiger partial charge in [0.25, 0.3) is 0 Å². The van der Waals surface area contributed by atoms with Gasteiger partial charge in [0, 0.05) is 31.7 Å². The fourth-order valence-electron chi connectivity index (χ4n) is 4.22. The molecule has 1 aliphatic heterocycles. The molecule has 0 atom stereocenters. The standard InChI is InChI=1S/C20H24Cl2N8O/c1-3-29-18-14(16(21)26-29)10-23-20(25-18)24-15-11(2)30(27-17(15)22)13-6-8-28(9-7-13)19(31)12-4-5-12/h10,12-13H,3-9H2,1-2H3,(H,23,24,25). The van der Waals surface area contributed by atoms with Crippen LogP contribution in [0.4, 0.5) is 11.6 Å². The predicted molar refractivity (Wildman–Crippen MR) is 119 cm³/mol. The van der Waals surface area contributed by atoms with Gasteiger partial charge in [0.2, 0.25) is 11.9 Å². The average Bonchev–Trinajstić information content (AvgIpc) is 3.53. The van der Waals surface area contributed by atoms with Gasteiger partial charge in [-0.05, 0) is 39.5 Å². The first-order valence-electron chi connectivity index (χ1n) is 10.7. The van der Waals surface area contributed by atoms with Crippen LogP contribution in [0.5, 0.6) is 0 Å². The summed E-state index contributed by atoms with van der Waals surface area (Å²) in [4.78, 5) is 23.3. The van der Waals surface area contributed by atoms with Crippen molar-refractivity contribution in [3.05, 3.63) is 22.2 Å². The molecule has 164 valence electrons. The highest BCUT2D eigenvalue weighted by molar-refractivity contribution is 6.34. The summed E-state index contributed by atoms with van der Waals surface area (Å²) < 4.78 is 3.70. The molecule has 1 N–H and O–H groups in total. The van der Waals surface area contributed by atoms with Crippen molar-refractivity contribution in [2.75, 3.05) is 18.4 Å². The molecule has 2 aliphatic rings. The summed E-state index contributed by atoms with van der Waals surface area (Å²) in [5.74, 6) is 0.993. The molecule has 3 aromatic rings. The average molecular weight is 463 g/mol. The Kier molecular flexibility index (Phi) is 5.26. The van der Waals surface area contributed by atoms with Crippen molar-refractivity contribution in [1.29, 1.82) is 0 Å². The van der Waals surface area contributed by atoms with E-state index in [0.29, 0.717) is 45.4 Å². The predicted octanol–water partition coefficient (Wildman–Crippen LogP) is 3.98. The van der Waals surface area contributed by atoms with E-state index in [1.54, 1.807) is 10.9 Å². The van der Waals surface area contributed by atoms with Gasteiger partial charge in [0.1, 0.15) is 5.69 Å². The van der Waals surface area contributed by atoms with Crippen molar-refractivity contribution in [1.82, 2.24) is 34.4 Å². The Hall–Kier alpha value is -2.39. The second-order valence-corrected chi connectivity index (χ2v) is 8.91. The highest BCUT2D eigenvalue weighted by atomic mass is 35.5. The number of carbonyl (C=O) groups is 1. The number of aryl methyl sites for hydroxylation is 1. The van der Waals surface area contributed by atoms with Crippen LogP contribution in [-0.4, -0.2) is 53.4 Å². The topological polar surface area (TPSA) is 93.8 Å². The lowest BCUT2D eigenvalue weighted by Gasteiger charge is -2.32. The molecule has 4 heterocycles. The minimum Gasteiger partial charge on any atom is -0.342 e. The molecule has 0 bridgehead atoms. The third-order valence-electron chi connectivity index (χ3n) is 6.14. The molecule has 1 amide bonds. The van der Waals surface area contributed by atoms with Gasteiger partial charge < -0.3 is 10.2 Å². The number of piperidine rings is 1. The number of carbonyl (C=O) groups excluding carboxylic acids is 1.